The van der Waals surface area contributed by atoms with Gasteiger partial charge in [-0.05, 0) is 25.1 Å². The largest absolute Gasteiger partial charge is 0.376 e. The third-order valence-electron chi connectivity index (χ3n) is 2.75. The average Bonchev–Trinajstić information content (AvgIpc) is 3.13. The monoisotopic (exact) mass is 271 g/mol. The minimum Gasteiger partial charge on any atom is -0.376 e. The van der Waals surface area contributed by atoms with Crippen molar-refractivity contribution in [2.75, 3.05) is 5.32 Å². The summed E-state index contributed by atoms with van der Waals surface area (Å²) in [5.41, 5.74) is 2.82. The van der Waals surface area contributed by atoms with E-state index in [0.717, 1.165) is 11.5 Å². The molecule has 0 amide bonds. The van der Waals surface area contributed by atoms with Crippen molar-refractivity contribution < 1.29 is 0 Å². The smallest absolute Gasteiger partial charge is 0.153 e. The topological polar surface area (TPSA) is 55.6 Å². The number of hydrogen-bond acceptors (Lipinski definition) is 5. The number of pyridine rings is 1. The number of hydrogen-bond donors (Lipinski definition) is 1. The van der Waals surface area contributed by atoms with Crippen LogP contribution in [-0.4, -0.2) is 19.7 Å². The average molecular weight is 271 g/mol. The molecule has 0 saturated heterocycles. The molecule has 0 spiro atoms. The summed E-state index contributed by atoms with van der Waals surface area (Å²) in [6.45, 7) is 2.11. The van der Waals surface area contributed by atoms with Crippen LogP contribution >= 0.6 is 11.3 Å². The van der Waals surface area contributed by atoms with Crippen molar-refractivity contribution in [3.63, 3.8) is 0 Å². The van der Waals surface area contributed by atoms with Gasteiger partial charge in [-0.2, -0.15) is 5.10 Å². The van der Waals surface area contributed by atoms with E-state index in [1.165, 1.54) is 4.88 Å². The van der Waals surface area contributed by atoms with Gasteiger partial charge in [-0.15, -0.1) is 11.3 Å². The number of anilines is 1. The summed E-state index contributed by atoms with van der Waals surface area (Å²) in [5.74, 6) is 0.806. The molecule has 0 saturated carbocycles. The van der Waals surface area contributed by atoms with Crippen molar-refractivity contribution in [1.82, 2.24) is 19.7 Å². The Morgan fingerprint density at radius 2 is 2.26 bits per heavy atom. The Hall–Kier alpha value is -2.21. The van der Waals surface area contributed by atoms with Crippen LogP contribution in [0.5, 0.6) is 0 Å². The SMILES string of the molecule is CC(Nc1ccc(-n2cccn2)nc1)c1cncs1. The van der Waals surface area contributed by atoms with Gasteiger partial charge in [0.25, 0.3) is 0 Å². The second kappa shape index (κ2) is 5.19. The molecule has 0 aliphatic heterocycles. The van der Waals surface area contributed by atoms with Crippen LogP contribution in [-0.2, 0) is 0 Å². The third kappa shape index (κ3) is 2.63. The number of rotatable bonds is 4. The maximum absolute atomic E-state index is 4.38. The second-order valence-electron chi connectivity index (χ2n) is 4.13. The summed E-state index contributed by atoms with van der Waals surface area (Å²) in [6.07, 6.45) is 7.30. The normalized spacial score (nSPS) is 12.3. The van der Waals surface area contributed by atoms with Crippen molar-refractivity contribution >= 4 is 17.0 Å². The van der Waals surface area contributed by atoms with Crippen molar-refractivity contribution in [2.24, 2.45) is 0 Å². The third-order valence-corrected chi connectivity index (χ3v) is 3.71. The van der Waals surface area contributed by atoms with Gasteiger partial charge < -0.3 is 5.32 Å². The second-order valence-corrected chi connectivity index (χ2v) is 5.04. The summed E-state index contributed by atoms with van der Waals surface area (Å²) in [7, 11) is 0. The molecule has 0 aromatic carbocycles. The molecule has 0 radical (unpaired) electrons. The Kier molecular flexibility index (Phi) is 3.24. The predicted octanol–water partition coefficient (Wildman–Crippen LogP) is 2.90. The maximum atomic E-state index is 4.38. The lowest BCUT2D eigenvalue weighted by atomic mass is 10.3. The Bertz CT molecular complexity index is 616. The molecule has 1 atom stereocenters. The van der Waals surface area contributed by atoms with Crippen molar-refractivity contribution in [3.05, 3.63) is 53.4 Å². The van der Waals surface area contributed by atoms with Crippen LogP contribution < -0.4 is 5.32 Å². The van der Waals surface area contributed by atoms with Gasteiger partial charge in [0, 0.05) is 23.5 Å². The van der Waals surface area contributed by atoms with Gasteiger partial charge in [0.15, 0.2) is 5.82 Å². The fraction of sp³-hybridized carbons (Fsp3) is 0.154. The molecule has 1 unspecified atom stereocenters. The molecule has 0 fully saturated rings. The molecule has 0 aliphatic rings. The van der Waals surface area contributed by atoms with Gasteiger partial charge in [-0.3, -0.25) is 4.98 Å². The first kappa shape index (κ1) is 11.9. The highest BCUT2D eigenvalue weighted by Gasteiger charge is 2.07. The fourth-order valence-corrected chi connectivity index (χ4v) is 2.40. The van der Waals surface area contributed by atoms with E-state index in [9.17, 15) is 0 Å². The minimum absolute atomic E-state index is 0.227. The van der Waals surface area contributed by atoms with Gasteiger partial charge in [-0.1, -0.05) is 0 Å². The van der Waals surface area contributed by atoms with Gasteiger partial charge in [-0.25, -0.2) is 9.67 Å². The van der Waals surface area contributed by atoms with Gasteiger partial charge in [0.2, 0.25) is 0 Å². The number of thiazole rings is 1. The van der Waals surface area contributed by atoms with Crippen LogP contribution in [0.1, 0.15) is 17.8 Å². The molecular formula is C13H13N5S. The van der Waals surface area contributed by atoms with Crippen LogP contribution in [0.15, 0.2) is 48.5 Å². The lowest BCUT2D eigenvalue weighted by Crippen LogP contribution is -2.06. The summed E-state index contributed by atoms with van der Waals surface area (Å²) < 4.78 is 1.73. The van der Waals surface area contributed by atoms with E-state index in [-0.39, 0.29) is 6.04 Å². The molecule has 3 rings (SSSR count). The molecule has 96 valence electrons. The van der Waals surface area contributed by atoms with Crippen LogP contribution in [0.4, 0.5) is 5.69 Å². The molecular weight excluding hydrogens is 258 g/mol. The van der Waals surface area contributed by atoms with E-state index in [4.69, 9.17) is 0 Å². The van der Waals surface area contributed by atoms with Crippen LogP contribution in [0, 0.1) is 0 Å². The first-order valence-corrected chi connectivity index (χ1v) is 6.82. The van der Waals surface area contributed by atoms with Gasteiger partial charge in [0.05, 0.1) is 23.4 Å². The number of nitrogens with zero attached hydrogens (tertiary/aromatic N) is 4. The molecule has 0 bridgehead atoms. The molecule has 0 aliphatic carbocycles. The lowest BCUT2D eigenvalue weighted by Gasteiger charge is -2.13. The van der Waals surface area contributed by atoms with E-state index in [1.807, 2.05) is 42.3 Å². The summed E-state index contributed by atoms with van der Waals surface area (Å²) in [4.78, 5) is 9.67. The Balaban J connectivity index is 1.73. The predicted molar refractivity (Wildman–Crippen MR) is 75.5 cm³/mol. The van der Waals surface area contributed by atoms with E-state index in [2.05, 4.69) is 27.3 Å². The standard InChI is InChI=1S/C13H13N5S/c1-10(12-8-14-9-19-12)17-11-3-4-13(15-7-11)18-6-2-5-16-18/h2-10,17H,1H3. The first-order chi connectivity index (χ1) is 9.33. The van der Waals surface area contributed by atoms with E-state index >= 15 is 0 Å². The Labute approximate surface area is 115 Å². The van der Waals surface area contributed by atoms with E-state index in [0.29, 0.717) is 0 Å². The quantitative estimate of drug-likeness (QED) is 0.792. The van der Waals surface area contributed by atoms with Crippen LogP contribution in [0.25, 0.3) is 5.82 Å². The highest BCUT2D eigenvalue weighted by atomic mass is 32.1. The summed E-state index contributed by atoms with van der Waals surface area (Å²) >= 11 is 1.64. The zero-order chi connectivity index (χ0) is 13.1. The zero-order valence-electron chi connectivity index (χ0n) is 10.4. The number of nitrogens with one attached hydrogen (secondary N) is 1. The summed E-state index contributed by atoms with van der Waals surface area (Å²) in [6, 6.07) is 6.04. The fourth-order valence-electron chi connectivity index (χ4n) is 1.77. The summed E-state index contributed by atoms with van der Waals surface area (Å²) in [5, 5.41) is 7.54. The molecule has 1 N–H and O–H groups in total. The molecule has 5 nitrogen and oxygen atoms in total. The molecule has 3 aromatic heterocycles. The highest BCUT2D eigenvalue weighted by Crippen LogP contribution is 2.21. The molecule has 3 aromatic rings. The zero-order valence-corrected chi connectivity index (χ0v) is 11.2. The lowest BCUT2D eigenvalue weighted by molar-refractivity contribution is 0.844. The number of aromatic nitrogens is 4. The Morgan fingerprint density at radius 3 is 2.89 bits per heavy atom. The van der Waals surface area contributed by atoms with E-state index < -0.39 is 0 Å². The van der Waals surface area contributed by atoms with Gasteiger partial charge >= 0.3 is 0 Å². The van der Waals surface area contributed by atoms with Gasteiger partial charge in [0.1, 0.15) is 0 Å². The van der Waals surface area contributed by atoms with Crippen molar-refractivity contribution in [2.45, 2.75) is 13.0 Å². The molecule has 19 heavy (non-hydrogen) atoms. The molecule has 3 heterocycles. The first-order valence-electron chi connectivity index (χ1n) is 5.94. The van der Waals surface area contributed by atoms with Crippen LogP contribution in [0.3, 0.4) is 0 Å². The maximum Gasteiger partial charge on any atom is 0.153 e. The highest BCUT2D eigenvalue weighted by molar-refractivity contribution is 7.09. The Morgan fingerprint density at radius 1 is 1.32 bits per heavy atom. The van der Waals surface area contributed by atoms with E-state index in [1.54, 1.807) is 22.2 Å². The minimum atomic E-state index is 0.227. The van der Waals surface area contributed by atoms with Crippen molar-refractivity contribution in [3.8, 4) is 5.82 Å². The molecule has 6 heteroatoms. The van der Waals surface area contributed by atoms with Crippen molar-refractivity contribution in [1.29, 1.82) is 0 Å². The van der Waals surface area contributed by atoms with Crippen LogP contribution in [0.2, 0.25) is 0 Å².